The Bertz CT molecular complexity index is 1440. The van der Waals surface area contributed by atoms with Gasteiger partial charge in [-0.1, -0.05) is 32.0 Å². The third-order valence-corrected chi connectivity index (χ3v) is 6.33. The molecule has 0 spiro atoms. The Kier molecular flexibility index (Phi) is 8.74. The molecule has 0 bridgehead atoms. The summed E-state index contributed by atoms with van der Waals surface area (Å²) in [6.07, 6.45) is 4.04. The van der Waals surface area contributed by atoms with Crippen molar-refractivity contribution >= 4 is 17.9 Å². The Morgan fingerprint density at radius 1 is 1.05 bits per heavy atom. The molecule has 39 heavy (non-hydrogen) atoms. The van der Waals surface area contributed by atoms with Gasteiger partial charge < -0.3 is 9.47 Å². The van der Waals surface area contributed by atoms with Gasteiger partial charge in [0.05, 0.1) is 18.0 Å². The molecule has 0 saturated carbocycles. The lowest BCUT2D eigenvalue weighted by Gasteiger charge is -2.27. The fourth-order valence-electron chi connectivity index (χ4n) is 4.26. The highest BCUT2D eigenvalue weighted by molar-refractivity contribution is 6.19. The average molecular weight is 525 g/mol. The van der Waals surface area contributed by atoms with E-state index in [4.69, 9.17) is 14.6 Å². The first-order valence-corrected chi connectivity index (χ1v) is 12.9. The second-order valence-corrected chi connectivity index (χ2v) is 9.72. The maximum absolute atomic E-state index is 13.5. The van der Waals surface area contributed by atoms with Crippen LogP contribution in [-0.2, 0) is 14.3 Å². The van der Waals surface area contributed by atoms with E-state index in [2.05, 4.69) is 13.8 Å². The minimum absolute atomic E-state index is 0.0399. The van der Waals surface area contributed by atoms with E-state index in [9.17, 15) is 14.9 Å². The number of ether oxygens (including phenoxy) is 2. The van der Waals surface area contributed by atoms with Crippen LogP contribution >= 0.6 is 0 Å². The molecule has 8 heteroatoms. The normalized spacial score (nSPS) is 14.9. The molecule has 0 aliphatic carbocycles. The summed E-state index contributed by atoms with van der Waals surface area (Å²) in [5.41, 5.74) is 3.63. The number of amides is 2. The van der Waals surface area contributed by atoms with Gasteiger partial charge in [0, 0.05) is 43.2 Å². The first kappa shape index (κ1) is 27.6. The molecule has 1 aliphatic heterocycles. The highest BCUT2D eigenvalue weighted by Gasteiger charge is 2.35. The average Bonchev–Trinajstić information content (AvgIpc) is 3.37. The number of benzene rings is 2. The smallest absolute Gasteiger partial charge is 0.271 e. The van der Waals surface area contributed by atoms with Gasteiger partial charge in [0.15, 0.2) is 0 Å². The van der Waals surface area contributed by atoms with E-state index in [0.29, 0.717) is 42.4 Å². The van der Waals surface area contributed by atoms with Crippen LogP contribution in [0.5, 0.6) is 5.75 Å². The highest BCUT2D eigenvalue weighted by atomic mass is 16.5. The number of nitriles is 1. The van der Waals surface area contributed by atoms with Crippen molar-refractivity contribution in [3.63, 3.8) is 0 Å². The number of imide groups is 1. The number of hydrogen-bond acceptors (Lipinski definition) is 6. The number of rotatable bonds is 10. The van der Waals surface area contributed by atoms with E-state index < -0.39 is 11.8 Å². The Balaban J connectivity index is 1.80. The zero-order valence-corrected chi connectivity index (χ0v) is 22.7. The summed E-state index contributed by atoms with van der Waals surface area (Å²) in [5, 5.41) is 14.6. The first-order chi connectivity index (χ1) is 18.8. The SMILES string of the molecule is COCCCN1C(=O)C(C#N)=C(C)/C(=C\c2cn(-c3ccccc3)nc2-c2ccc(OCC(C)C)cc2)C1=O. The number of nitrogens with zero attached hydrogens (tertiary/aromatic N) is 4. The largest absolute Gasteiger partial charge is 0.493 e. The van der Waals surface area contributed by atoms with Gasteiger partial charge in [0.1, 0.15) is 17.4 Å². The summed E-state index contributed by atoms with van der Waals surface area (Å²) in [5.74, 6) is 0.155. The van der Waals surface area contributed by atoms with Gasteiger partial charge in [0.2, 0.25) is 0 Å². The van der Waals surface area contributed by atoms with Crippen LogP contribution in [0.25, 0.3) is 23.0 Å². The molecule has 3 aromatic rings. The Labute approximate surface area is 228 Å². The zero-order chi connectivity index (χ0) is 27.9. The van der Waals surface area contributed by atoms with Crippen molar-refractivity contribution in [2.24, 2.45) is 5.92 Å². The van der Waals surface area contributed by atoms with E-state index in [-0.39, 0.29) is 17.7 Å². The first-order valence-electron chi connectivity index (χ1n) is 12.9. The third kappa shape index (κ3) is 6.16. The summed E-state index contributed by atoms with van der Waals surface area (Å²) in [4.78, 5) is 27.5. The lowest BCUT2D eigenvalue weighted by atomic mass is 9.93. The van der Waals surface area contributed by atoms with Crippen molar-refractivity contribution < 1.29 is 19.1 Å². The van der Waals surface area contributed by atoms with Crippen molar-refractivity contribution in [2.45, 2.75) is 27.2 Å². The topological polar surface area (TPSA) is 97.5 Å². The monoisotopic (exact) mass is 524 g/mol. The summed E-state index contributed by atoms with van der Waals surface area (Å²) in [7, 11) is 1.56. The third-order valence-electron chi connectivity index (χ3n) is 6.33. The fraction of sp³-hybridized carbons (Fsp3) is 0.290. The minimum atomic E-state index is -0.578. The fourth-order valence-corrected chi connectivity index (χ4v) is 4.26. The lowest BCUT2D eigenvalue weighted by Crippen LogP contribution is -2.43. The van der Waals surface area contributed by atoms with E-state index in [1.807, 2.05) is 66.9 Å². The predicted octanol–water partition coefficient (Wildman–Crippen LogP) is 5.20. The lowest BCUT2D eigenvalue weighted by molar-refractivity contribution is -0.140. The molecule has 0 unspecified atom stereocenters. The Morgan fingerprint density at radius 2 is 1.77 bits per heavy atom. The summed E-state index contributed by atoms with van der Waals surface area (Å²) >= 11 is 0. The van der Waals surface area contributed by atoms with Gasteiger partial charge >= 0.3 is 0 Å². The second-order valence-electron chi connectivity index (χ2n) is 9.72. The summed E-state index contributed by atoms with van der Waals surface area (Å²) < 4.78 is 12.7. The van der Waals surface area contributed by atoms with Gasteiger partial charge in [-0.05, 0) is 67.3 Å². The van der Waals surface area contributed by atoms with Crippen LogP contribution in [-0.4, -0.2) is 53.4 Å². The molecule has 0 atom stereocenters. The molecule has 2 amide bonds. The van der Waals surface area contributed by atoms with Gasteiger partial charge in [-0.15, -0.1) is 0 Å². The molecule has 2 aromatic carbocycles. The number of para-hydroxylation sites is 1. The number of methoxy groups -OCH3 is 1. The van der Waals surface area contributed by atoms with Gasteiger partial charge in [-0.3, -0.25) is 14.5 Å². The molecule has 0 radical (unpaired) electrons. The number of aromatic nitrogens is 2. The van der Waals surface area contributed by atoms with Crippen molar-refractivity contribution in [1.29, 1.82) is 5.26 Å². The maximum Gasteiger partial charge on any atom is 0.271 e. The van der Waals surface area contributed by atoms with Crippen LogP contribution < -0.4 is 4.74 Å². The molecule has 0 saturated heterocycles. The van der Waals surface area contributed by atoms with E-state index in [1.54, 1.807) is 24.8 Å². The molecule has 1 aromatic heterocycles. The highest BCUT2D eigenvalue weighted by Crippen LogP contribution is 2.32. The van der Waals surface area contributed by atoms with Crippen LogP contribution in [0.2, 0.25) is 0 Å². The van der Waals surface area contributed by atoms with Gasteiger partial charge in [0.25, 0.3) is 11.8 Å². The molecule has 1 aliphatic rings. The van der Waals surface area contributed by atoms with Crippen LogP contribution in [0.3, 0.4) is 0 Å². The zero-order valence-electron chi connectivity index (χ0n) is 22.7. The van der Waals surface area contributed by atoms with Gasteiger partial charge in [-0.2, -0.15) is 10.4 Å². The molecule has 2 heterocycles. The van der Waals surface area contributed by atoms with Gasteiger partial charge in [-0.25, -0.2) is 4.68 Å². The van der Waals surface area contributed by atoms with Crippen LogP contribution in [0.4, 0.5) is 0 Å². The molecule has 0 fully saturated rings. The van der Waals surface area contributed by atoms with E-state index in [0.717, 1.165) is 21.9 Å². The van der Waals surface area contributed by atoms with Crippen molar-refractivity contribution in [1.82, 2.24) is 14.7 Å². The molecule has 0 N–H and O–H groups in total. The Morgan fingerprint density at radius 3 is 2.41 bits per heavy atom. The molecule has 4 rings (SSSR count). The van der Waals surface area contributed by atoms with Crippen LogP contribution in [0.1, 0.15) is 32.8 Å². The molecular weight excluding hydrogens is 492 g/mol. The minimum Gasteiger partial charge on any atom is -0.493 e. The standard InChI is InChI=1S/C31H32N4O4/c1-21(2)20-39-26-13-11-23(12-14-26)29-24(19-35(33-29)25-9-6-5-7-10-25)17-27-22(3)28(18-32)31(37)34(30(27)36)15-8-16-38-4/h5-7,9-14,17,19,21H,8,15-16,20H2,1-4H3/b27-17+. The maximum atomic E-state index is 13.5. The quantitative estimate of drug-likeness (QED) is 0.205. The Hall–Kier alpha value is -4.48. The van der Waals surface area contributed by atoms with Crippen LogP contribution in [0.15, 0.2) is 77.5 Å². The summed E-state index contributed by atoms with van der Waals surface area (Å²) in [6.45, 7) is 7.00. The number of hydrogen-bond donors (Lipinski definition) is 0. The summed E-state index contributed by atoms with van der Waals surface area (Å²) in [6, 6.07) is 19.3. The number of carbonyl (C=O) groups is 2. The number of carbonyl (C=O) groups excluding carboxylic acids is 2. The molecular formula is C31H32N4O4. The second kappa shape index (κ2) is 12.4. The van der Waals surface area contributed by atoms with Crippen molar-refractivity contribution in [2.75, 3.05) is 26.9 Å². The molecule has 200 valence electrons. The van der Waals surface area contributed by atoms with Crippen molar-refractivity contribution in [3.05, 3.63) is 83.1 Å². The predicted molar refractivity (Wildman–Crippen MR) is 149 cm³/mol. The van der Waals surface area contributed by atoms with Crippen molar-refractivity contribution in [3.8, 4) is 28.8 Å². The van der Waals surface area contributed by atoms with E-state index in [1.165, 1.54) is 0 Å². The van der Waals surface area contributed by atoms with Crippen LogP contribution in [0, 0.1) is 17.2 Å². The van der Waals surface area contributed by atoms with E-state index >= 15 is 0 Å². The molecule has 8 nitrogen and oxygen atoms in total.